The van der Waals surface area contributed by atoms with Gasteiger partial charge in [0.05, 0.1) is 5.60 Å². The van der Waals surface area contributed by atoms with E-state index < -0.39 is 6.10 Å². The van der Waals surface area contributed by atoms with E-state index in [-0.39, 0.29) is 18.7 Å². The molecule has 7 nitrogen and oxygen atoms in total. The van der Waals surface area contributed by atoms with Gasteiger partial charge in [-0.3, -0.25) is 9.78 Å². The van der Waals surface area contributed by atoms with Crippen LogP contribution in [-0.2, 0) is 4.79 Å². The smallest absolute Gasteiger partial charge is 0.290 e. The molecular formula is C27H32N2O5. The molecule has 2 aliphatic rings. The maximum Gasteiger partial charge on any atom is 0.290 e. The molecule has 0 amide bonds. The van der Waals surface area contributed by atoms with Crippen molar-refractivity contribution in [3.63, 3.8) is 0 Å². The average Bonchev–Trinajstić information content (AvgIpc) is 3.62. The minimum atomic E-state index is -0.544. The lowest BCUT2D eigenvalue weighted by molar-refractivity contribution is -0.122. The van der Waals surface area contributed by atoms with E-state index in [4.69, 9.17) is 14.6 Å². The summed E-state index contributed by atoms with van der Waals surface area (Å²) in [5.41, 5.74) is 1.82. The van der Waals surface area contributed by atoms with Crippen molar-refractivity contribution < 1.29 is 24.9 Å². The number of hydrogen-bond acceptors (Lipinski definition) is 6. The fourth-order valence-corrected chi connectivity index (χ4v) is 4.90. The zero-order valence-electron chi connectivity index (χ0n) is 19.2. The molecule has 2 aromatic carbocycles. The quantitative estimate of drug-likeness (QED) is 0.459. The zero-order chi connectivity index (χ0) is 24.0. The van der Waals surface area contributed by atoms with E-state index in [2.05, 4.69) is 34.1 Å². The van der Waals surface area contributed by atoms with Gasteiger partial charge in [-0.05, 0) is 73.8 Å². The van der Waals surface area contributed by atoms with Crippen molar-refractivity contribution in [1.82, 2.24) is 9.88 Å². The van der Waals surface area contributed by atoms with Gasteiger partial charge in [0.15, 0.2) is 0 Å². The number of piperidine rings is 1. The molecule has 180 valence electrons. The Morgan fingerprint density at radius 1 is 1.09 bits per heavy atom. The number of likely N-dealkylation sites (tertiary alicyclic amines) is 1. The summed E-state index contributed by atoms with van der Waals surface area (Å²) >= 11 is 0. The Bertz CT molecular complexity index is 1080. The van der Waals surface area contributed by atoms with Gasteiger partial charge in [0, 0.05) is 29.9 Å². The largest absolute Gasteiger partial charge is 0.490 e. The van der Waals surface area contributed by atoms with Crippen molar-refractivity contribution >= 4 is 17.2 Å². The number of aliphatic hydroxyl groups is 2. The standard InChI is InChI=1S/C26H30N2O3.CH2O2/c29-21(17-28-14-9-20(10-15-28)26(30)11-12-26)18-31-25-8-7-22(19-4-3-13-27-16-19)23-5-1-2-6-24(23)25;2-1-3/h1-8,13,16,20-21,29-30H,9-12,14-15,17-18H2;1H,(H,2,3). The van der Waals surface area contributed by atoms with Crippen LogP contribution in [0.4, 0.5) is 0 Å². The van der Waals surface area contributed by atoms with E-state index in [0.717, 1.165) is 66.4 Å². The second-order valence-electron chi connectivity index (χ2n) is 9.15. The Kier molecular flexibility index (Phi) is 7.77. The number of pyridine rings is 1. The Morgan fingerprint density at radius 2 is 1.79 bits per heavy atom. The highest BCUT2D eigenvalue weighted by molar-refractivity contribution is 5.99. The molecule has 1 atom stereocenters. The molecule has 1 aromatic heterocycles. The number of aromatic nitrogens is 1. The Hall–Kier alpha value is -3.00. The number of nitrogens with zero attached hydrogens (tertiary/aromatic N) is 2. The summed E-state index contributed by atoms with van der Waals surface area (Å²) in [4.78, 5) is 14.9. The minimum absolute atomic E-state index is 0.250. The van der Waals surface area contributed by atoms with Crippen LogP contribution in [0.2, 0.25) is 0 Å². The first-order valence-corrected chi connectivity index (χ1v) is 11.8. The predicted octanol–water partition coefficient (Wildman–Crippen LogP) is 3.58. The fourth-order valence-electron chi connectivity index (χ4n) is 4.90. The molecule has 0 bridgehead atoms. The summed E-state index contributed by atoms with van der Waals surface area (Å²) in [7, 11) is 0. The van der Waals surface area contributed by atoms with Crippen LogP contribution in [0.3, 0.4) is 0 Å². The van der Waals surface area contributed by atoms with Crippen LogP contribution < -0.4 is 4.74 Å². The molecular weight excluding hydrogens is 432 g/mol. The van der Waals surface area contributed by atoms with Crippen LogP contribution in [0.15, 0.2) is 60.9 Å². The maximum atomic E-state index is 10.6. The molecule has 34 heavy (non-hydrogen) atoms. The number of ether oxygens (including phenoxy) is 1. The monoisotopic (exact) mass is 464 g/mol. The molecule has 3 N–H and O–H groups in total. The van der Waals surface area contributed by atoms with Crippen molar-refractivity contribution in [2.45, 2.75) is 37.4 Å². The van der Waals surface area contributed by atoms with Gasteiger partial charge in [-0.2, -0.15) is 0 Å². The van der Waals surface area contributed by atoms with E-state index in [1.54, 1.807) is 6.20 Å². The number of hydrogen-bond donors (Lipinski definition) is 3. The third-order valence-corrected chi connectivity index (χ3v) is 6.87. The van der Waals surface area contributed by atoms with Gasteiger partial charge in [-0.25, -0.2) is 0 Å². The first-order valence-electron chi connectivity index (χ1n) is 11.8. The van der Waals surface area contributed by atoms with E-state index in [1.165, 1.54) is 0 Å². The number of benzene rings is 2. The fraction of sp³-hybridized carbons (Fsp3) is 0.407. The average molecular weight is 465 g/mol. The Balaban J connectivity index is 0.000000868. The van der Waals surface area contributed by atoms with Crippen LogP contribution in [0.25, 0.3) is 21.9 Å². The molecule has 1 saturated heterocycles. The van der Waals surface area contributed by atoms with Crippen LogP contribution in [-0.4, -0.2) is 69.6 Å². The van der Waals surface area contributed by atoms with Gasteiger partial charge >= 0.3 is 0 Å². The predicted molar refractivity (Wildman–Crippen MR) is 131 cm³/mol. The molecule has 2 fully saturated rings. The SMILES string of the molecule is O=CO.OC(COc1ccc(-c2cccnc2)c2ccccc12)CN1CCC(C2(O)CC2)CC1. The third-order valence-electron chi connectivity index (χ3n) is 6.87. The first kappa shape index (κ1) is 24.1. The topological polar surface area (TPSA) is 103 Å². The molecule has 0 radical (unpaired) electrons. The van der Waals surface area contributed by atoms with Crippen molar-refractivity contribution in [1.29, 1.82) is 0 Å². The lowest BCUT2D eigenvalue weighted by Gasteiger charge is -2.35. The minimum Gasteiger partial charge on any atom is -0.490 e. The van der Waals surface area contributed by atoms with Gasteiger partial charge in [0.25, 0.3) is 6.47 Å². The zero-order valence-corrected chi connectivity index (χ0v) is 19.2. The molecule has 0 spiro atoms. The highest BCUT2D eigenvalue weighted by Gasteiger charge is 2.48. The highest BCUT2D eigenvalue weighted by atomic mass is 16.5. The van der Waals surface area contributed by atoms with E-state index >= 15 is 0 Å². The number of aliphatic hydroxyl groups excluding tert-OH is 1. The van der Waals surface area contributed by atoms with Crippen molar-refractivity contribution in [2.75, 3.05) is 26.2 Å². The summed E-state index contributed by atoms with van der Waals surface area (Å²) in [6, 6.07) is 16.2. The molecule has 1 saturated carbocycles. The molecule has 1 aliphatic heterocycles. The summed E-state index contributed by atoms with van der Waals surface area (Å²) in [5, 5.41) is 29.9. The number of carboxylic acid groups (broad SMARTS) is 1. The van der Waals surface area contributed by atoms with Crippen LogP contribution in [0, 0.1) is 5.92 Å². The lowest BCUT2D eigenvalue weighted by Crippen LogP contribution is -2.43. The molecule has 7 heteroatoms. The normalized spacial score (nSPS) is 18.5. The number of rotatable bonds is 7. The van der Waals surface area contributed by atoms with Gasteiger partial charge in [-0.1, -0.05) is 30.3 Å². The van der Waals surface area contributed by atoms with Crippen molar-refractivity contribution in [2.24, 2.45) is 5.92 Å². The summed E-state index contributed by atoms with van der Waals surface area (Å²) < 4.78 is 6.07. The second-order valence-corrected chi connectivity index (χ2v) is 9.15. The van der Waals surface area contributed by atoms with E-state index in [1.807, 2.05) is 30.5 Å². The van der Waals surface area contributed by atoms with Crippen LogP contribution in [0.5, 0.6) is 5.75 Å². The summed E-state index contributed by atoms with van der Waals surface area (Å²) in [6.45, 7) is 2.50. The van der Waals surface area contributed by atoms with Crippen molar-refractivity contribution in [3.05, 3.63) is 60.9 Å². The maximum absolute atomic E-state index is 10.6. The van der Waals surface area contributed by atoms with Gasteiger partial charge in [0.1, 0.15) is 18.5 Å². The lowest BCUT2D eigenvalue weighted by atomic mass is 9.89. The van der Waals surface area contributed by atoms with Gasteiger partial charge < -0.3 is 25.0 Å². The van der Waals surface area contributed by atoms with Crippen LogP contribution >= 0.6 is 0 Å². The van der Waals surface area contributed by atoms with E-state index in [9.17, 15) is 10.2 Å². The molecule has 1 aliphatic carbocycles. The number of carbonyl (C=O) groups is 1. The third kappa shape index (κ3) is 5.73. The van der Waals surface area contributed by atoms with Gasteiger partial charge in [-0.15, -0.1) is 0 Å². The first-order chi connectivity index (χ1) is 16.5. The summed E-state index contributed by atoms with van der Waals surface area (Å²) in [6.07, 6.45) is 7.06. The number of fused-ring (bicyclic) bond motifs is 1. The molecule has 1 unspecified atom stereocenters. The second kappa shape index (κ2) is 11.0. The Labute approximate surface area is 199 Å². The number of β-amino-alcohol motifs (C(OH)–C–C–N with tert-alkyl or cyclic N) is 1. The highest BCUT2D eigenvalue weighted by Crippen LogP contribution is 2.46. The Morgan fingerprint density at radius 3 is 2.44 bits per heavy atom. The molecule has 5 rings (SSSR count). The molecule has 2 heterocycles. The van der Waals surface area contributed by atoms with E-state index in [0.29, 0.717) is 12.5 Å². The summed E-state index contributed by atoms with van der Waals surface area (Å²) in [5.74, 6) is 1.22. The van der Waals surface area contributed by atoms with Gasteiger partial charge in [0.2, 0.25) is 0 Å². The van der Waals surface area contributed by atoms with Crippen molar-refractivity contribution in [3.8, 4) is 16.9 Å². The van der Waals surface area contributed by atoms with Crippen LogP contribution in [0.1, 0.15) is 25.7 Å². The molecule has 3 aromatic rings.